The van der Waals surface area contributed by atoms with Crippen LogP contribution in [-0.2, 0) is 4.84 Å². The van der Waals surface area contributed by atoms with E-state index in [9.17, 15) is 0 Å². The van der Waals surface area contributed by atoms with Gasteiger partial charge in [0.2, 0.25) is 0 Å². The number of hydrogen-bond donors (Lipinski definition) is 0. The van der Waals surface area contributed by atoms with Crippen LogP contribution in [0.2, 0.25) is 0 Å². The summed E-state index contributed by atoms with van der Waals surface area (Å²) in [5, 5.41) is 2.00. The van der Waals surface area contributed by atoms with E-state index in [1.54, 1.807) is 12.5 Å². The van der Waals surface area contributed by atoms with Crippen molar-refractivity contribution in [3.05, 3.63) is 82.4 Å². The molecule has 0 amide bonds. The van der Waals surface area contributed by atoms with Crippen LogP contribution in [0, 0.1) is 6.92 Å². The Kier molecular flexibility index (Phi) is 3.98. The average Bonchev–Trinajstić information content (AvgIpc) is 3.28. The first-order chi connectivity index (χ1) is 13.2. The zero-order valence-corrected chi connectivity index (χ0v) is 16.7. The van der Waals surface area contributed by atoms with Gasteiger partial charge in [-0.2, -0.15) is 0 Å². The molecule has 0 saturated carbocycles. The summed E-state index contributed by atoms with van der Waals surface area (Å²) in [7, 11) is 0. The van der Waals surface area contributed by atoms with E-state index in [1.165, 1.54) is 11.1 Å². The quantitative estimate of drug-likeness (QED) is 0.592. The van der Waals surface area contributed by atoms with Crippen LogP contribution in [0.5, 0.6) is 5.75 Å². The Morgan fingerprint density at radius 1 is 1.15 bits per heavy atom. The maximum atomic E-state index is 6.22. The predicted octanol–water partition coefficient (Wildman–Crippen LogP) is 3.84. The standard InChI is InChI=1S/C21H18AsN3O2/c1-14-5-6-19-18(11-14)20-17(7-10-26-19)21(22)27-25(20)16-4-2-3-15(12-16)24-9-8-23-13-24/h2-6,8-9,11-13,20H,7,10H2,1H3. The van der Waals surface area contributed by atoms with Crippen LogP contribution in [-0.4, -0.2) is 33.0 Å². The molecule has 6 heteroatoms. The Morgan fingerprint density at radius 3 is 2.89 bits per heavy atom. The molecular weight excluding hydrogens is 401 g/mol. The number of benzene rings is 2. The fraction of sp³-hybridized carbons (Fsp3) is 0.190. The number of hydroxylamine groups is 1. The summed E-state index contributed by atoms with van der Waals surface area (Å²) in [5.41, 5.74) is 5.66. The molecule has 2 aliphatic rings. The molecule has 0 aliphatic carbocycles. The number of hydrogen-bond acceptors (Lipinski definition) is 4. The third-order valence-electron chi connectivity index (χ3n) is 5.00. The Morgan fingerprint density at radius 2 is 2.04 bits per heavy atom. The number of fused-ring (bicyclic) bond motifs is 3. The van der Waals surface area contributed by atoms with Gasteiger partial charge in [-0.25, -0.2) is 0 Å². The number of imidazole rings is 1. The molecule has 2 radical (unpaired) electrons. The summed E-state index contributed by atoms with van der Waals surface area (Å²) in [4.78, 5) is 10.4. The SMILES string of the molecule is Cc1ccc2c(c1)C1C(=C([As])ON1c1cccc(-n3ccnc3)c1)CCO2. The van der Waals surface area contributed by atoms with Crippen molar-refractivity contribution in [2.45, 2.75) is 19.4 Å². The van der Waals surface area contributed by atoms with Crippen molar-refractivity contribution in [1.29, 1.82) is 0 Å². The number of anilines is 1. The minimum atomic E-state index is 0.0126. The van der Waals surface area contributed by atoms with Crippen LogP contribution in [0.1, 0.15) is 23.6 Å². The number of ether oxygens (including phenoxy) is 1. The second kappa shape index (κ2) is 6.50. The molecular formula is C21H18AsN3O2. The van der Waals surface area contributed by atoms with Crippen molar-refractivity contribution in [2.24, 2.45) is 0 Å². The van der Waals surface area contributed by atoms with Gasteiger partial charge in [0.1, 0.15) is 0 Å². The molecule has 27 heavy (non-hydrogen) atoms. The molecule has 3 heterocycles. The van der Waals surface area contributed by atoms with E-state index in [0.717, 1.165) is 33.7 Å². The van der Waals surface area contributed by atoms with Gasteiger partial charge in [-0.1, -0.05) is 0 Å². The molecule has 0 N–H and O–H groups in total. The second-order valence-electron chi connectivity index (χ2n) is 6.78. The van der Waals surface area contributed by atoms with Crippen molar-refractivity contribution in [2.75, 3.05) is 11.7 Å². The zero-order valence-electron chi connectivity index (χ0n) is 14.9. The van der Waals surface area contributed by atoms with E-state index in [2.05, 4.69) is 65.2 Å². The summed E-state index contributed by atoms with van der Waals surface area (Å²) in [5.74, 6) is 0.933. The molecule has 3 aromatic rings. The van der Waals surface area contributed by atoms with Gasteiger partial charge in [0.25, 0.3) is 0 Å². The molecule has 2 aliphatic heterocycles. The Balaban J connectivity index is 1.61. The van der Waals surface area contributed by atoms with Crippen molar-refractivity contribution in [3.8, 4) is 11.4 Å². The van der Waals surface area contributed by atoms with E-state index in [-0.39, 0.29) is 6.04 Å². The van der Waals surface area contributed by atoms with Gasteiger partial charge < -0.3 is 0 Å². The van der Waals surface area contributed by atoms with Crippen LogP contribution in [0.25, 0.3) is 5.69 Å². The third-order valence-corrected chi connectivity index (χ3v) is 5.77. The molecule has 0 bridgehead atoms. The molecule has 1 unspecified atom stereocenters. The molecule has 134 valence electrons. The van der Waals surface area contributed by atoms with Crippen molar-refractivity contribution >= 4 is 22.5 Å². The molecule has 1 aromatic heterocycles. The van der Waals surface area contributed by atoms with E-state index < -0.39 is 0 Å². The summed E-state index contributed by atoms with van der Waals surface area (Å²) in [6, 6.07) is 14.7. The number of aryl methyl sites for hydroxylation is 1. The first kappa shape index (κ1) is 16.5. The number of aromatic nitrogens is 2. The topological polar surface area (TPSA) is 39.5 Å². The summed E-state index contributed by atoms with van der Waals surface area (Å²) in [6.07, 6.45) is 6.37. The van der Waals surface area contributed by atoms with Gasteiger partial charge in [0, 0.05) is 0 Å². The van der Waals surface area contributed by atoms with Crippen molar-refractivity contribution in [1.82, 2.24) is 9.55 Å². The summed E-state index contributed by atoms with van der Waals surface area (Å²) >= 11 is 2.57. The molecule has 0 spiro atoms. The Labute approximate surface area is 166 Å². The van der Waals surface area contributed by atoms with Crippen molar-refractivity contribution in [3.63, 3.8) is 0 Å². The van der Waals surface area contributed by atoms with Gasteiger partial charge in [0.15, 0.2) is 0 Å². The first-order valence-corrected chi connectivity index (χ1v) is 9.85. The molecule has 2 aromatic carbocycles. The number of nitrogens with zero attached hydrogens (tertiary/aromatic N) is 3. The van der Waals surface area contributed by atoms with Crippen molar-refractivity contribution < 1.29 is 9.57 Å². The van der Waals surface area contributed by atoms with Gasteiger partial charge in [-0.3, -0.25) is 0 Å². The van der Waals surface area contributed by atoms with Crippen LogP contribution in [0.3, 0.4) is 0 Å². The van der Waals surface area contributed by atoms with E-state index in [1.807, 2.05) is 21.9 Å². The van der Waals surface area contributed by atoms with E-state index in [4.69, 9.17) is 9.57 Å². The molecule has 0 saturated heterocycles. The number of rotatable bonds is 2. The maximum absolute atomic E-state index is 6.22. The predicted molar refractivity (Wildman–Crippen MR) is 104 cm³/mol. The normalized spacial score (nSPS) is 18.4. The van der Waals surface area contributed by atoms with Gasteiger partial charge >= 0.3 is 167 Å². The van der Waals surface area contributed by atoms with Crippen LogP contribution in [0.4, 0.5) is 5.69 Å². The summed E-state index contributed by atoms with van der Waals surface area (Å²) < 4.78 is 8.91. The Hall–Kier alpha value is -2.65. The van der Waals surface area contributed by atoms with Crippen LogP contribution >= 0.6 is 0 Å². The fourth-order valence-corrected chi connectivity index (χ4v) is 4.38. The first-order valence-electron chi connectivity index (χ1n) is 8.91. The molecule has 5 rings (SSSR count). The van der Waals surface area contributed by atoms with Gasteiger partial charge in [-0.05, 0) is 0 Å². The fourth-order valence-electron chi connectivity index (χ4n) is 3.71. The molecule has 5 nitrogen and oxygen atoms in total. The summed E-state index contributed by atoms with van der Waals surface area (Å²) in [6.45, 7) is 2.77. The molecule has 1 atom stereocenters. The van der Waals surface area contributed by atoms with Gasteiger partial charge in [0.05, 0.1) is 0 Å². The van der Waals surface area contributed by atoms with Gasteiger partial charge in [-0.15, -0.1) is 0 Å². The van der Waals surface area contributed by atoms with Crippen LogP contribution < -0.4 is 9.80 Å². The average molecular weight is 419 g/mol. The monoisotopic (exact) mass is 419 g/mol. The zero-order chi connectivity index (χ0) is 18.4. The Bertz CT molecular complexity index is 1030. The second-order valence-corrected chi connectivity index (χ2v) is 7.63. The van der Waals surface area contributed by atoms with Crippen LogP contribution in [0.15, 0.2) is 71.3 Å². The van der Waals surface area contributed by atoms with E-state index in [0.29, 0.717) is 6.61 Å². The third kappa shape index (κ3) is 2.83. The van der Waals surface area contributed by atoms with E-state index >= 15 is 0 Å². The minimum absolute atomic E-state index is 0.0126. The molecule has 0 fully saturated rings.